The molecule has 1 aliphatic carbocycles. The van der Waals surface area contributed by atoms with Crippen LogP contribution >= 0.6 is 11.8 Å². The molecule has 1 heteroatoms. The van der Waals surface area contributed by atoms with Crippen LogP contribution in [0.5, 0.6) is 0 Å². The van der Waals surface area contributed by atoms with Crippen molar-refractivity contribution in [2.24, 2.45) is 0 Å². The van der Waals surface area contributed by atoms with Gasteiger partial charge in [0.1, 0.15) is 0 Å². The molecule has 0 radical (unpaired) electrons. The lowest BCUT2D eigenvalue weighted by atomic mass is 9.74. The maximum atomic E-state index is 2.48. The number of hydrogen-bond acceptors (Lipinski definition) is 1. The molecule has 0 aromatic heterocycles. The lowest BCUT2D eigenvalue weighted by Crippen LogP contribution is -2.24. The molecule has 5 aromatic carbocycles. The molecule has 0 nitrogen and oxygen atoms in total. The summed E-state index contributed by atoms with van der Waals surface area (Å²) in [6.45, 7) is 4.74. The Morgan fingerprint density at radius 2 is 0.824 bits per heavy atom. The maximum absolute atomic E-state index is 2.48. The molecule has 2 aliphatic rings. The third kappa shape index (κ3) is 2.74. The SMILES string of the molecule is CC1(C)c2ccccc2Sc2cc3c(cc21)-c1ccccc1-c1ccccc1-c1ccccc1-3. The van der Waals surface area contributed by atoms with E-state index in [9.17, 15) is 0 Å². The highest BCUT2D eigenvalue weighted by Gasteiger charge is 2.34. The molecule has 0 saturated heterocycles. The van der Waals surface area contributed by atoms with Gasteiger partial charge in [0.2, 0.25) is 0 Å². The van der Waals surface area contributed by atoms with Gasteiger partial charge in [0, 0.05) is 15.2 Å². The molecule has 5 aromatic rings. The van der Waals surface area contributed by atoms with Gasteiger partial charge in [0.25, 0.3) is 0 Å². The largest absolute Gasteiger partial charge is 0.0894 e. The zero-order chi connectivity index (χ0) is 22.9. The minimum absolute atomic E-state index is 0.0546. The van der Waals surface area contributed by atoms with Crippen LogP contribution in [0.3, 0.4) is 0 Å². The van der Waals surface area contributed by atoms with Crippen molar-refractivity contribution in [1.82, 2.24) is 0 Å². The van der Waals surface area contributed by atoms with Gasteiger partial charge in [-0.15, -0.1) is 0 Å². The summed E-state index contributed by atoms with van der Waals surface area (Å²) < 4.78 is 0. The van der Waals surface area contributed by atoms with Crippen molar-refractivity contribution in [3.63, 3.8) is 0 Å². The highest BCUT2D eigenvalue weighted by atomic mass is 32.2. The summed E-state index contributed by atoms with van der Waals surface area (Å²) in [5.74, 6) is 0. The second-order valence-corrected chi connectivity index (χ2v) is 10.8. The average Bonchev–Trinajstić information content (AvgIpc) is 2.87. The highest BCUT2D eigenvalue weighted by Crippen LogP contribution is 2.54. The predicted molar refractivity (Wildman–Crippen MR) is 144 cm³/mol. The van der Waals surface area contributed by atoms with E-state index in [0.29, 0.717) is 0 Å². The van der Waals surface area contributed by atoms with Crippen molar-refractivity contribution < 1.29 is 0 Å². The number of fused-ring (bicyclic) bond motifs is 10. The van der Waals surface area contributed by atoms with Gasteiger partial charge in [0.15, 0.2) is 0 Å². The molecule has 0 amide bonds. The van der Waals surface area contributed by atoms with Crippen molar-refractivity contribution in [3.05, 3.63) is 120 Å². The molecule has 0 spiro atoms. The minimum atomic E-state index is -0.0546. The van der Waals surface area contributed by atoms with Gasteiger partial charge in [-0.1, -0.05) is 117 Å². The van der Waals surface area contributed by atoms with E-state index in [-0.39, 0.29) is 5.41 Å². The molecule has 34 heavy (non-hydrogen) atoms. The molecule has 1 aliphatic heterocycles. The summed E-state index contributed by atoms with van der Waals surface area (Å²) in [6, 6.07) is 40.5. The fourth-order valence-electron chi connectivity index (χ4n) is 5.79. The van der Waals surface area contributed by atoms with E-state index in [1.165, 1.54) is 65.4 Å². The van der Waals surface area contributed by atoms with E-state index in [2.05, 4.69) is 123 Å². The molecule has 0 atom stereocenters. The van der Waals surface area contributed by atoms with Crippen LogP contribution in [0.4, 0.5) is 0 Å². The summed E-state index contributed by atoms with van der Waals surface area (Å²) in [5.41, 5.74) is 13.2. The second kappa shape index (κ2) is 7.22. The molecule has 0 saturated carbocycles. The summed E-state index contributed by atoms with van der Waals surface area (Å²) >= 11 is 1.91. The lowest BCUT2D eigenvalue weighted by molar-refractivity contribution is 0.608. The third-order valence-electron chi connectivity index (χ3n) is 7.52. The topological polar surface area (TPSA) is 0 Å². The van der Waals surface area contributed by atoms with Crippen LogP contribution in [0.1, 0.15) is 25.0 Å². The Kier molecular flexibility index (Phi) is 4.22. The summed E-state index contributed by atoms with van der Waals surface area (Å²) in [7, 11) is 0. The van der Waals surface area contributed by atoms with Crippen LogP contribution in [0, 0.1) is 0 Å². The number of rotatable bonds is 0. The highest BCUT2D eigenvalue weighted by molar-refractivity contribution is 7.99. The smallest absolute Gasteiger partial charge is 0.0169 e. The predicted octanol–water partition coefficient (Wildman–Crippen LogP) is 9.46. The van der Waals surface area contributed by atoms with Crippen LogP contribution in [0.25, 0.3) is 44.5 Å². The molecule has 1 heterocycles. The Hall–Kier alpha value is -3.55. The Morgan fingerprint density at radius 1 is 0.412 bits per heavy atom. The fraction of sp³-hybridized carbons (Fsp3) is 0.0909. The van der Waals surface area contributed by atoms with Crippen LogP contribution in [-0.4, -0.2) is 0 Å². The van der Waals surface area contributed by atoms with Crippen molar-refractivity contribution in [2.45, 2.75) is 29.1 Å². The van der Waals surface area contributed by atoms with Gasteiger partial charge >= 0.3 is 0 Å². The summed E-state index contributed by atoms with van der Waals surface area (Å²) in [5, 5.41) is 0. The zero-order valence-corrected chi connectivity index (χ0v) is 20.1. The quantitative estimate of drug-likeness (QED) is 0.221. The van der Waals surface area contributed by atoms with Gasteiger partial charge in [-0.25, -0.2) is 0 Å². The van der Waals surface area contributed by atoms with Crippen molar-refractivity contribution in [1.29, 1.82) is 0 Å². The van der Waals surface area contributed by atoms with Crippen molar-refractivity contribution >= 4 is 11.8 Å². The van der Waals surface area contributed by atoms with E-state index in [1.807, 2.05) is 11.8 Å². The van der Waals surface area contributed by atoms with Gasteiger partial charge < -0.3 is 0 Å². The van der Waals surface area contributed by atoms with Crippen LogP contribution in [-0.2, 0) is 5.41 Å². The summed E-state index contributed by atoms with van der Waals surface area (Å²) in [6.07, 6.45) is 0. The first-order valence-electron chi connectivity index (χ1n) is 11.9. The minimum Gasteiger partial charge on any atom is -0.0894 e. The summed E-state index contributed by atoms with van der Waals surface area (Å²) in [4.78, 5) is 2.73. The first-order chi connectivity index (χ1) is 16.6. The zero-order valence-electron chi connectivity index (χ0n) is 19.3. The van der Waals surface area contributed by atoms with E-state index in [0.717, 1.165) is 0 Å². The van der Waals surface area contributed by atoms with Gasteiger partial charge in [-0.05, 0) is 73.8 Å². The molecule has 0 unspecified atom stereocenters. The Morgan fingerprint density at radius 3 is 1.35 bits per heavy atom. The molecule has 0 bridgehead atoms. The van der Waals surface area contributed by atoms with Crippen molar-refractivity contribution in [2.75, 3.05) is 0 Å². The first kappa shape index (κ1) is 19.9. The van der Waals surface area contributed by atoms with Crippen LogP contribution in [0.2, 0.25) is 0 Å². The van der Waals surface area contributed by atoms with Crippen LogP contribution < -0.4 is 0 Å². The average molecular weight is 453 g/mol. The van der Waals surface area contributed by atoms with Gasteiger partial charge in [0.05, 0.1) is 0 Å². The molecule has 0 N–H and O–H groups in total. The fourth-order valence-corrected chi connectivity index (χ4v) is 7.21. The molecule has 7 rings (SSSR count). The molecular weight excluding hydrogens is 428 g/mol. The van der Waals surface area contributed by atoms with Gasteiger partial charge in [-0.2, -0.15) is 0 Å². The molecular formula is C33H24S. The normalized spacial score (nSPS) is 14.3. The van der Waals surface area contributed by atoms with E-state index in [4.69, 9.17) is 0 Å². The second-order valence-electron chi connectivity index (χ2n) is 9.75. The third-order valence-corrected chi connectivity index (χ3v) is 8.65. The molecule has 162 valence electrons. The standard InChI is InChI=1S/C33H24S/c1-33(2)29-17-9-10-18-31(29)34-32-20-28-26-16-8-6-14-24(26)22-12-4-3-11-21(22)23-13-5-7-15-25(23)27(28)19-30(32)33/h3-20H,1-2H3. The Labute approximate surface area is 205 Å². The lowest BCUT2D eigenvalue weighted by Gasteiger charge is -2.36. The van der Waals surface area contributed by atoms with Gasteiger partial charge in [-0.3, -0.25) is 0 Å². The number of hydrogen-bond donors (Lipinski definition) is 0. The monoisotopic (exact) mass is 452 g/mol. The van der Waals surface area contributed by atoms with Crippen molar-refractivity contribution in [3.8, 4) is 44.5 Å². The first-order valence-corrected chi connectivity index (χ1v) is 12.7. The Balaban J connectivity index is 1.61. The van der Waals surface area contributed by atoms with E-state index >= 15 is 0 Å². The maximum Gasteiger partial charge on any atom is 0.0169 e. The van der Waals surface area contributed by atoms with Crippen LogP contribution in [0.15, 0.2) is 119 Å². The number of benzene rings is 5. The Bertz CT molecular complexity index is 1610. The van der Waals surface area contributed by atoms with E-state index < -0.39 is 0 Å². The van der Waals surface area contributed by atoms with E-state index in [1.54, 1.807) is 0 Å². The molecule has 0 fully saturated rings.